The summed E-state index contributed by atoms with van der Waals surface area (Å²) in [6.07, 6.45) is 0. The topological polar surface area (TPSA) is 52.6 Å². The van der Waals surface area contributed by atoms with Crippen LogP contribution in [0.15, 0.2) is 54.6 Å². The standard InChI is InChI=1S/C18H14O4/c1-12(19)22-18-14-9-5-6-10-16(14)21-11-15(20)17(18)13-7-3-2-4-8-13/h2-10H,11H2,1H3. The molecule has 1 aliphatic rings. The van der Waals surface area contributed by atoms with Gasteiger partial charge in [-0.15, -0.1) is 0 Å². The number of benzene rings is 2. The van der Waals surface area contributed by atoms with Crippen LogP contribution in [0.4, 0.5) is 0 Å². The lowest BCUT2D eigenvalue weighted by Crippen LogP contribution is -2.12. The van der Waals surface area contributed by atoms with Gasteiger partial charge in [-0.2, -0.15) is 0 Å². The van der Waals surface area contributed by atoms with Crippen LogP contribution in [0.25, 0.3) is 11.3 Å². The van der Waals surface area contributed by atoms with Crippen molar-refractivity contribution in [3.8, 4) is 5.75 Å². The monoisotopic (exact) mass is 294 g/mol. The number of rotatable bonds is 2. The van der Waals surface area contributed by atoms with Crippen LogP contribution in [0.3, 0.4) is 0 Å². The van der Waals surface area contributed by atoms with Crippen molar-refractivity contribution >= 4 is 23.1 Å². The zero-order valence-corrected chi connectivity index (χ0v) is 12.0. The fourth-order valence-corrected chi connectivity index (χ4v) is 2.40. The number of hydrogen-bond acceptors (Lipinski definition) is 4. The summed E-state index contributed by atoms with van der Waals surface area (Å²) in [4.78, 5) is 24.0. The van der Waals surface area contributed by atoms with E-state index in [1.54, 1.807) is 12.1 Å². The summed E-state index contributed by atoms with van der Waals surface area (Å²) < 4.78 is 10.9. The first kappa shape index (κ1) is 14.1. The summed E-state index contributed by atoms with van der Waals surface area (Å²) in [5.41, 5.74) is 1.66. The molecule has 0 atom stereocenters. The largest absolute Gasteiger partial charge is 0.485 e. The van der Waals surface area contributed by atoms with E-state index in [2.05, 4.69) is 0 Å². The maximum absolute atomic E-state index is 12.5. The zero-order chi connectivity index (χ0) is 15.5. The Hall–Kier alpha value is -2.88. The molecule has 4 heteroatoms. The average molecular weight is 294 g/mol. The minimum Gasteiger partial charge on any atom is -0.485 e. The van der Waals surface area contributed by atoms with E-state index in [-0.39, 0.29) is 18.1 Å². The molecule has 0 aliphatic carbocycles. The lowest BCUT2D eigenvalue weighted by atomic mass is 9.98. The minimum atomic E-state index is -0.479. The van der Waals surface area contributed by atoms with Crippen molar-refractivity contribution < 1.29 is 19.1 Å². The molecule has 0 unspecified atom stereocenters. The van der Waals surface area contributed by atoms with Crippen LogP contribution in [0.5, 0.6) is 5.75 Å². The predicted molar refractivity (Wildman–Crippen MR) is 82.0 cm³/mol. The number of carbonyl (C=O) groups is 2. The van der Waals surface area contributed by atoms with Gasteiger partial charge in [-0.05, 0) is 17.7 Å². The molecule has 110 valence electrons. The molecule has 0 saturated carbocycles. The van der Waals surface area contributed by atoms with E-state index in [0.29, 0.717) is 22.4 Å². The smallest absolute Gasteiger partial charge is 0.308 e. The Morgan fingerprint density at radius 1 is 1.05 bits per heavy atom. The summed E-state index contributed by atoms with van der Waals surface area (Å²) in [5.74, 6) is 0.0708. The van der Waals surface area contributed by atoms with Gasteiger partial charge in [0.25, 0.3) is 0 Å². The van der Waals surface area contributed by atoms with Crippen LogP contribution >= 0.6 is 0 Å². The predicted octanol–water partition coefficient (Wildman–Crippen LogP) is 3.08. The first-order valence-corrected chi connectivity index (χ1v) is 6.90. The molecule has 0 bridgehead atoms. The molecule has 0 N–H and O–H groups in total. The molecule has 0 aromatic heterocycles. The first-order valence-electron chi connectivity index (χ1n) is 6.90. The quantitative estimate of drug-likeness (QED) is 0.799. The summed E-state index contributed by atoms with van der Waals surface area (Å²) in [6, 6.07) is 16.3. The van der Waals surface area contributed by atoms with E-state index in [0.717, 1.165) is 0 Å². The van der Waals surface area contributed by atoms with Gasteiger partial charge < -0.3 is 9.47 Å². The van der Waals surface area contributed by atoms with E-state index < -0.39 is 5.97 Å². The van der Waals surface area contributed by atoms with Gasteiger partial charge in [0, 0.05) is 6.92 Å². The zero-order valence-electron chi connectivity index (χ0n) is 12.0. The van der Waals surface area contributed by atoms with Gasteiger partial charge >= 0.3 is 5.97 Å². The maximum atomic E-state index is 12.5. The minimum absolute atomic E-state index is 0.0913. The van der Waals surface area contributed by atoms with Crippen LogP contribution in [-0.2, 0) is 14.3 Å². The molecule has 2 aromatic carbocycles. The molecule has 1 aliphatic heterocycles. The molecular weight excluding hydrogens is 280 g/mol. The Balaban J connectivity index is 2.28. The molecule has 0 amide bonds. The highest BCUT2D eigenvalue weighted by Crippen LogP contribution is 2.36. The summed E-state index contributed by atoms with van der Waals surface area (Å²) >= 11 is 0. The van der Waals surface area contributed by atoms with Gasteiger partial charge in [-0.3, -0.25) is 9.59 Å². The molecule has 1 heterocycles. The number of hydrogen-bond donors (Lipinski definition) is 0. The van der Waals surface area contributed by atoms with Crippen molar-refractivity contribution in [1.29, 1.82) is 0 Å². The molecule has 22 heavy (non-hydrogen) atoms. The Bertz CT molecular complexity index is 760. The number of Topliss-reactive ketones (excluding diaryl/α,β-unsaturated/α-hetero) is 1. The van der Waals surface area contributed by atoms with Crippen LogP contribution in [-0.4, -0.2) is 18.4 Å². The van der Waals surface area contributed by atoms with Gasteiger partial charge in [0.2, 0.25) is 5.78 Å². The van der Waals surface area contributed by atoms with Crippen LogP contribution in [0.1, 0.15) is 18.1 Å². The molecule has 0 spiro atoms. The molecule has 0 saturated heterocycles. The molecule has 0 radical (unpaired) electrons. The normalized spacial score (nSPS) is 14.0. The number of para-hydroxylation sites is 1. The fraction of sp³-hybridized carbons (Fsp3) is 0.111. The summed E-state index contributed by atoms with van der Waals surface area (Å²) in [5, 5.41) is 0. The number of ketones is 1. The Morgan fingerprint density at radius 3 is 2.45 bits per heavy atom. The highest BCUT2D eigenvalue weighted by molar-refractivity contribution is 6.28. The van der Waals surface area contributed by atoms with Gasteiger partial charge in [-0.1, -0.05) is 42.5 Å². The van der Waals surface area contributed by atoms with Crippen molar-refractivity contribution in [3.63, 3.8) is 0 Å². The molecule has 0 fully saturated rings. The van der Waals surface area contributed by atoms with Crippen molar-refractivity contribution in [3.05, 3.63) is 65.7 Å². The van der Waals surface area contributed by atoms with Crippen LogP contribution in [0, 0.1) is 0 Å². The van der Waals surface area contributed by atoms with Crippen molar-refractivity contribution in [1.82, 2.24) is 0 Å². The van der Waals surface area contributed by atoms with Crippen molar-refractivity contribution in [2.75, 3.05) is 6.61 Å². The maximum Gasteiger partial charge on any atom is 0.308 e. The van der Waals surface area contributed by atoms with E-state index in [1.165, 1.54) is 6.92 Å². The summed E-state index contributed by atoms with van der Waals surface area (Å²) in [6.45, 7) is 1.22. The number of esters is 1. The SMILES string of the molecule is CC(=O)OC1=C(c2ccccc2)C(=O)COc2ccccc21. The van der Waals surface area contributed by atoms with E-state index in [9.17, 15) is 9.59 Å². The van der Waals surface area contributed by atoms with Crippen molar-refractivity contribution in [2.24, 2.45) is 0 Å². The molecule has 4 nitrogen and oxygen atoms in total. The second kappa shape index (κ2) is 5.85. The second-order valence-corrected chi connectivity index (χ2v) is 4.87. The Labute approximate surface area is 128 Å². The van der Waals surface area contributed by atoms with Crippen LogP contribution < -0.4 is 4.74 Å². The molecule has 2 aromatic rings. The van der Waals surface area contributed by atoms with Gasteiger partial charge in [0.1, 0.15) is 5.75 Å². The highest BCUT2D eigenvalue weighted by Gasteiger charge is 2.27. The van der Waals surface area contributed by atoms with E-state index >= 15 is 0 Å². The third-order valence-electron chi connectivity index (χ3n) is 3.30. The van der Waals surface area contributed by atoms with Crippen LogP contribution in [0.2, 0.25) is 0 Å². The number of fused-ring (bicyclic) bond motifs is 1. The lowest BCUT2D eigenvalue weighted by molar-refractivity contribution is -0.134. The lowest BCUT2D eigenvalue weighted by Gasteiger charge is -2.12. The fourth-order valence-electron chi connectivity index (χ4n) is 2.40. The first-order chi connectivity index (χ1) is 10.7. The van der Waals surface area contributed by atoms with E-state index in [4.69, 9.17) is 9.47 Å². The molecular formula is C18H14O4. The van der Waals surface area contributed by atoms with Gasteiger partial charge in [0.15, 0.2) is 12.4 Å². The number of carbonyl (C=O) groups excluding carboxylic acids is 2. The number of ether oxygens (including phenoxy) is 2. The summed E-state index contributed by atoms with van der Waals surface area (Å²) in [7, 11) is 0. The third kappa shape index (κ3) is 2.63. The van der Waals surface area contributed by atoms with E-state index in [1.807, 2.05) is 42.5 Å². The third-order valence-corrected chi connectivity index (χ3v) is 3.30. The second-order valence-electron chi connectivity index (χ2n) is 4.87. The Morgan fingerprint density at radius 2 is 1.73 bits per heavy atom. The average Bonchev–Trinajstić information content (AvgIpc) is 2.66. The van der Waals surface area contributed by atoms with Gasteiger partial charge in [0.05, 0.1) is 11.1 Å². The molecule has 3 rings (SSSR count). The van der Waals surface area contributed by atoms with Crippen molar-refractivity contribution in [2.45, 2.75) is 6.92 Å². The highest BCUT2D eigenvalue weighted by atomic mass is 16.5. The Kier molecular flexibility index (Phi) is 3.74. The van der Waals surface area contributed by atoms with Gasteiger partial charge in [-0.25, -0.2) is 0 Å².